The number of anilines is 2. The molecule has 1 aliphatic heterocycles. The number of hydrogen-bond acceptors (Lipinski definition) is 8. The second kappa shape index (κ2) is 9.50. The normalized spacial score (nSPS) is 15.7. The monoisotopic (exact) mass is 486 g/mol. The number of fused-ring (bicyclic) bond motifs is 1. The lowest BCUT2D eigenvalue weighted by Gasteiger charge is -2.19. The highest BCUT2D eigenvalue weighted by Crippen LogP contribution is 2.29. The number of carbonyl (C=O) groups excluding carboxylic acids is 1. The molecule has 186 valence electrons. The molecule has 0 bridgehead atoms. The molecule has 0 spiro atoms. The molecule has 11 heteroatoms. The van der Waals surface area contributed by atoms with Crippen molar-refractivity contribution < 1.29 is 4.79 Å². The third-order valence-electron chi connectivity index (χ3n) is 6.19. The number of aryl methyl sites for hydroxylation is 1. The number of nitrogens with one attached hydrogen (secondary N) is 4. The molecule has 0 fully saturated rings. The van der Waals surface area contributed by atoms with E-state index in [1.54, 1.807) is 23.3 Å². The van der Waals surface area contributed by atoms with Crippen LogP contribution >= 0.6 is 0 Å². The average molecular weight is 487 g/mol. The van der Waals surface area contributed by atoms with E-state index in [1.807, 2.05) is 39.8 Å². The van der Waals surface area contributed by atoms with E-state index in [-0.39, 0.29) is 17.5 Å². The minimum Gasteiger partial charge on any atom is -0.344 e. The van der Waals surface area contributed by atoms with Gasteiger partial charge in [0.05, 0.1) is 41.0 Å². The summed E-state index contributed by atoms with van der Waals surface area (Å²) in [6.07, 6.45) is 5.91. The number of carbonyl (C=O) groups is 1. The summed E-state index contributed by atoms with van der Waals surface area (Å²) in [7, 11) is 0. The van der Waals surface area contributed by atoms with Crippen LogP contribution in [0, 0.1) is 6.92 Å². The smallest absolute Gasteiger partial charge is 0.273 e. The van der Waals surface area contributed by atoms with Crippen LogP contribution in [0.4, 0.5) is 11.6 Å². The molecule has 0 unspecified atom stereocenters. The van der Waals surface area contributed by atoms with Gasteiger partial charge in [0.15, 0.2) is 5.69 Å². The molecule has 0 saturated heterocycles. The Hall–Kier alpha value is -4.12. The molecule has 0 saturated carbocycles. The summed E-state index contributed by atoms with van der Waals surface area (Å²) in [5.74, 6) is 0.270. The molecular weight excluding hydrogens is 456 g/mol. The van der Waals surface area contributed by atoms with Crippen LogP contribution in [0.2, 0.25) is 0 Å². The molecule has 0 aliphatic carbocycles. The van der Waals surface area contributed by atoms with E-state index in [4.69, 9.17) is 0 Å². The van der Waals surface area contributed by atoms with Gasteiger partial charge in [-0.1, -0.05) is 17.3 Å². The van der Waals surface area contributed by atoms with E-state index in [9.17, 15) is 4.79 Å². The van der Waals surface area contributed by atoms with Crippen LogP contribution < -0.4 is 16.0 Å². The second-order valence-corrected chi connectivity index (χ2v) is 9.92. The van der Waals surface area contributed by atoms with Gasteiger partial charge < -0.3 is 16.0 Å². The first-order chi connectivity index (χ1) is 17.3. The number of H-pyrrole nitrogens is 1. The van der Waals surface area contributed by atoms with Crippen LogP contribution in [0.25, 0.3) is 11.3 Å². The minimum absolute atomic E-state index is 0.136. The van der Waals surface area contributed by atoms with Gasteiger partial charge in [0.2, 0.25) is 5.95 Å². The van der Waals surface area contributed by atoms with Crippen molar-refractivity contribution in [2.24, 2.45) is 0 Å². The van der Waals surface area contributed by atoms with E-state index in [0.717, 1.165) is 46.7 Å². The maximum atomic E-state index is 13.0. The van der Waals surface area contributed by atoms with Crippen LogP contribution in [0.5, 0.6) is 0 Å². The molecule has 3 aromatic heterocycles. The Bertz CT molecular complexity index is 1380. The molecule has 1 amide bonds. The third-order valence-corrected chi connectivity index (χ3v) is 6.19. The largest absolute Gasteiger partial charge is 0.344 e. The third kappa shape index (κ3) is 4.96. The van der Waals surface area contributed by atoms with Crippen LogP contribution in [-0.2, 0) is 12.1 Å². The van der Waals surface area contributed by atoms with Crippen molar-refractivity contribution in [3.63, 3.8) is 0 Å². The second-order valence-electron chi connectivity index (χ2n) is 9.92. The Morgan fingerprint density at radius 3 is 2.83 bits per heavy atom. The van der Waals surface area contributed by atoms with E-state index in [2.05, 4.69) is 58.6 Å². The Morgan fingerprint density at radius 1 is 1.22 bits per heavy atom. The van der Waals surface area contributed by atoms with Gasteiger partial charge in [0.25, 0.3) is 5.91 Å². The van der Waals surface area contributed by atoms with Crippen molar-refractivity contribution in [1.29, 1.82) is 0 Å². The zero-order chi connectivity index (χ0) is 25.3. The summed E-state index contributed by atoms with van der Waals surface area (Å²) in [5, 5.41) is 24.9. The highest BCUT2D eigenvalue weighted by atomic mass is 16.2. The lowest BCUT2D eigenvalue weighted by atomic mass is 9.96. The van der Waals surface area contributed by atoms with Crippen molar-refractivity contribution in [2.45, 2.75) is 52.2 Å². The molecular formula is C25H30N10O. The summed E-state index contributed by atoms with van der Waals surface area (Å²) in [6, 6.07) is 7.98. The number of benzene rings is 1. The molecule has 36 heavy (non-hydrogen) atoms. The predicted molar refractivity (Wildman–Crippen MR) is 136 cm³/mol. The summed E-state index contributed by atoms with van der Waals surface area (Å²) >= 11 is 0. The number of nitrogens with zero attached hydrogens (tertiary/aromatic N) is 6. The maximum absolute atomic E-state index is 13.0. The van der Waals surface area contributed by atoms with Crippen molar-refractivity contribution >= 4 is 17.5 Å². The Kier molecular flexibility index (Phi) is 6.23. The number of hydrogen-bond donors (Lipinski definition) is 4. The van der Waals surface area contributed by atoms with Crippen molar-refractivity contribution in [3.8, 4) is 11.3 Å². The molecule has 0 radical (unpaired) electrons. The number of amides is 1. The van der Waals surface area contributed by atoms with Crippen molar-refractivity contribution in [2.75, 3.05) is 11.9 Å². The Labute approximate surface area is 209 Å². The van der Waals surface area contributed by atoms with E-state index in [0.29, 0.717) is 18.2 Å². The SMILES string of the molecule is Cc1[nH]ncc1Nc1nccc(-c2ccc3c(c2)CNCC[C@H]3NC(=O)c2cn(C(C)(C)C)nn2)n1. The van der Waals surface area contributed by atoms with E-state index >= 15 is 0 Å². The van der Waals surface area contributed by atoms with Gasteiger partial charge >= 0.3 is 0 Å². The fourth-order valence-corrected chi connectivity index (χ4v) is 4.14. The zero-order valence-corrected chi connectivity index (χ0v) is 20.8. The van der Waals surface area contributed by atoms with E-state index < -0.39 is 0 Å². The van der Waals surface area contributed by atoms with E-state index in [1.165, 1.54) is 0 Å². The first-order valence-corrected chi connectivity index (χ1v) is 12.0. The van der Waals surface area contributed by atoms with Gasteiger partial charge in [0.1, 0.15) is 0 Å². The van der Waals surface area contributed by atoms with Gasteiger partial charge in [-0.15, -0.1) is 5.10 Å². The number of rotatable bonds is 5. The van der Waals surface area contributed by atoms with Crippen LogP contribution in [0.3, 0.4) is 0 Å². The highest BCUT2D eigenvalue weighted by molar-refractivity contribution is 5.92. The first kappa shape index (κ1) is 23.6. The van der Waals surface area contributed by atoms with Gasteiger partial charge in [-0.05, 0) is 63.9 Å². The van der Waals surface area contributed by atoms with Gasteiger partial charge in [-0.3, -0.25) is 9.89 Å². The zero-order valence-electron chi connectivity index (χ0n) is 20.8. The molecule has 1 aromatic carbocycles. The fourth-order valence-electron chi connectivity index (χ4n) is 4.14. The number of aromatic amines is 1. The van der Waals surface area contributed by atoms with Crippen LogP contribution in [-0.4, -0.2) is 47.6 Å². The van der Waals surface area contributed by atoms with Gasteiger partial charge in [-0.2, -0.15) is 5.10 Å². The molecule has 11 nitrogen and oxygen atoms in total. The average Bonchev–Trinajstić information content (AvgIpc) is 3.46. The fraction of sp³-hybridized carbons (Fsp3) is 0.360. The summed E-state index contributed by atoms with van der Waals surface area (Å²) < 4.78 is 1.70. The van der Waals surface area contributed by atoms with Crippen LogP contribution in [0.15, 0.2) is 42.9 Å². The molecule has 4 heterocycles. The van der Waals surface area contributed by atoms with Gasteiger partial charge in [0, 0.05) is 18.3 Å². The molecule has 1 aliphatic rings. The quantitative estimate of drug-likeness (QED) is 0.337. The van der Waals surface area contributed by atoms with Gasteiger partial charge in [-0.25, -0.2) is 14.6 Å². The van der Waals surface area contributed by atoms with Crippen molar-refractivity contribution in [3.05, 3.63) is 65.4 Å². The topological polar surface area (TPSA) is 138 Å². The Morgan fingerprint density at radius 2 is 2.08 bits per heavy atom. The summed E-state index contributed by atoms with van der Waals surface area (Å²) in [5.41, 5.74) is 5.80. The summed E-state index contributed by atoms with van der Waals surface area (Å²) in [4.78, 5) is 22.0. The molecule has 5 rings (SSSR count). The minimum atomic E-state index is -0.242. The highest BCUT2D eigenvalue weighted by Gasteiger charge is 2.24. The molecule has 4 aromatic rings. The molecule has 1 atom stereocenters. The first-order valence-electron chi connectivity index (χ1n) is 12.0. The lowest BCUT2D eigenvalue weighted by molar-refractivity contribution is 0.0930. The predicted octanol–water partition coefficient (Wildman–Crippen LogP) is 3.23. The lowest BCUT2D eigenvalue weighted by Crippen LogP contribution is -2.30. The number of aromatic nitrogens is 7. The van der Waals surface area contributed by atoms with Crippen LogP contribution in [0.1, 0.15) is 60.5 Å². The summed E-state index contributed by atoms with van der Waals surface area (Å²) in [6.45, 7) is 9.48. The molecule has 4 N–H and O–H groups in total. The standard InChI is InChI=1S/C25H30N10O/c1-15-21(13-28-32-15)31-24-27-10-8-19(30-24)16-5-6-18-17(11-16)12-26-9-7-20(18)29-23(36)22-14-35(34-33-22)25(2,3)4/h5-6,8,10-11,13-14,20,26H,7,9,12H2,1-4H3,(H,28,32)(H,29,36)(H,27,30,31)/t20-/m1/s1. The Balaban J connectivity index is 1.37. The van der Waals surface area contributed by atoms with Crippen molar-refractivity contribution in [1.82, 2.24) is 45.8 Å². The maximum Gasteiger partial charge on any atom is 0.273 e.